The molecule has 2 aliphatic carbocycles. The van der Waals surface area contributed by atoms with Crippen LogP contribution in [0.4, 0.5) is 47.3 Å². The summed E-state index contributed by atoms with van der Waals surface area (Å²) in [4.78, 5) is 47.6. The molecular weight excluding hydrogens is 1690 g/mol. The Hall–Kier alpha value is -13.7. The molecule has 12 aromatic rings. The highest BCUT2D eigenvalue weighted by Crippen LogP contribution is 2.34. The Balaban J connectivity index is 0.000000290. The maximum atomic E-state index is 14.9. The van der Waals surface area contributed by atoms with Crippen LogP contribution in [0.5, 0.6) is 0 Å². The predicted octanol–water partition coefficient (Wildman–Crippen LogP) is 17.5. The van der Waals surface area contributed by atoms with E-state index in [-0.39, 0.29) is 67.4 Å². The normalized spacial score (nSPS) is 11.8. The van der Waals surface area contributed by atoms with Gasteiger partial charge in [0.2, 0.25) is 9.23 Å². The molecule has 3 aromatic heterocycles. The first-order valence-corrected chi connectivity index (χ1v) is 40.7. The molecule has 0 aliphatic heterocycles. The van der Waals surface area contributed by atoms with Crippen LogP contribution in [0, 0.1) is 104 Å². The fourth-order valence-corrected chi connectivity index (χ4v) is 11.8. The molecule has 2 fully saturated rings. The Morgan fingerprint density at radius 2 is 0.857 bits per heavy atom. The number of carbonyl (C=O) groups excluding carboxylic acids is 2. The van der Waals surface area contributed by atoms with Gasteiger partial charge >= 0.3 is 5.97 Å². The number of nitrogen functional groups attached to an aromatic ring is 1. The van der Waals surface area contributed by atoms with Crippen LogP contribution in [0.3, 0.4) is 0 Å². The maximum absolute atomic E-state index is 14.9. The molecule has 3 unspecified atom stereocenters. The Morgan fingerprint density at radius 3 is 1.28 bits per heavy atom. The van der Waals surface area contributed by atoms with Crippen LogP contribution < -0.4 is 44.2 Å². The summed E-state index contributed by atoms with van der Waals surface area (Å²) in [5.41, 5.74) is 31.1. The van der Waals surface area contributed by atoms with Crippen molar-refractivity contribution in [1.29, 1.82) is 15.8 Å². The van der Waals surface area contributed by atoms with Gasteiger partial charge in [0.1, 0.15) is 41.0 Å². The van der Waals surface area contributed by atoms with Gasteiger partial charge in [-0.15, -0.1) is 12.4 Å². The topological polar surface area (TPSA) is 419 Å². The van der Waals surface area contributed by atoms with Crippen LogP contribution in [-0.2, 0) is 9.23 Å². The highest BCUT2D eigenvalue weighted by molar-refractivity contribution is 8.26. The molecule has 126 heavy (non-hydrogen) atoms. The molecule has 9 aromatic carbocycles. The van der Waals surface area contributed by atoms with Crippen LogP contribution in [0.15, 0.2) is 218 Å². The van der Waals surface area contributed by atoms with Crippen molar-refractivity contribution in [3.63, 3.8) is 0 Å². The lowest BCUT2D eigenvalue weighted by molar-refractivity contribution is 0.0686. The van der Waals surface area contributed by atoms with Gasteiger partial charge in [-0.25, -0.2) is 50.8 Å². The number of aromatic carboxylic acids is 1. The second kappa shape index (κ2) is 51.4. The van der Waals surface area contributed by atoms with Gasteiger partial charge in [0, 0.05) is 47.5 Å². The highest BCUT2D eigenvalue weighted by atomic mass is 36.0. The largest absolute Gasteiger partial charge is 0.477 e. The minimum atomic E-state index is -1.67. The summed E-state index contributed by atoms with van der Waals surface area (Å²) < 4.78 is 55.8. The van der Waals surface area contributed by atoms with Crippen LogP contribution in [-0.4, -0.2) is 106 Å². The third kappa shape index (κ3) is 31.0. The summed E-state index contributed by atoms with van der Waals surface area (Å²) in [5, 5.41) is 81.9. The van der Waals surface area contributed by atoms with Gasteiger partial charge in [0.05, 0.1) is 112 Å². The Labute approximate surface area is 747 Å². The lowest BCUT2D eigenvalue weighted by Gasteiger charge is -2.21. The third-order valence-electron chi connectivity index (χ3n) is 18.2. The first-order chi connectivity index (χ1) is 59.1. The molecule has 27 nitrogen and oxygen atoms in total. The van der Waals surface area contributed by atoms with Crippen molar-refractivity contribution < 1.29 is 47.1 Å². The number of anilines is 3. The fourth-order valence-electron chi connectivity index (χ4n) is 11.8. The predicted molar refractivity (Wildman–Crippen MR) is 488 cm³/mol. The van der Waals surface area contributed by atoms with E-state index >= 15 is 0 Å². The summed E-state index contributed by atoms with van der Waals surface area (Å²) in [5.74, 6) is -2.40. The quantitative estimate of drug-likeness (QED) is 0.0130. The zero-order chi connectivity index (χ0) is 89.2. The average molecular weight is 1790 g/mol. The number of carboxylic acids is 1. The van der Waals surface area contributed by atoms with Gasteiger partial charge in [0.15, 0.2) is 22.8 Å². The number of rotatable bonds is 22. The summed E-state index contributed by atoms with van der Waals surface area (Å²) in [6.45, 7) is 31.4. The van der Waals surface area contributed by atoms with Crippen molar-refractivity contribution in [1.82, 2.24) is 40.0 Å². The van der Waals surface area contributed by atoms with Crippen molar-refractivity contribution >= 4 is 94.9 Å². The number of nitrogens with one attached hydrogen (secondary N) is 4. The zero-order valence-corrected chi connectivity index (χ0v) is 70.2. The zero-order valence-electron chi connectivity index (χ0n) is 67.1. The van der Waals surface area contributed by atoms with E-state index in [4.69, 9.17) is 62.5 Å². The monoisotopic (exact) mass is 1780 g/mol. The molecule has 0 radical (unpaired) electrons. The number of carboxylic acid groups (broad SMARTS) is 1. The number of carbonyl (C=O) groups is 3. The number of nitriles is 3. The number of benzene rings is 9. The molecule has 0 saturated heterocycles. The van der Waals surface area contributed by atoms with E-state index < -0.39 is 56.7 Å². The number of aliphatic hydroxyl groups excluding tert-OH is 2. The summed E-state index contributed by atoms with van der Waals surface area (Å²) >= 11 is 0. The Kier molecular flexibility index (Phi) is 42.0. The van der Waals surface area contributed by atoms with Crippen molar-refractivity contribution in [2.75, 3.05) is 55.6 Å². The van der Waals surface area contributed by atoms with E-state index in [9.17, 15) is 43.0 Å². The molecule has 3 heterocycles. The summed E-state index contributed by atoms with van der Waals surface area (Å²) in [6, 6.07) is 63.8. The van der Waals surface area contributed by atoms with Crippen molar-refractivity contribution in [3.8, 4) is 35.3 Å². The molecule has 2 saturated carbocycles. The smallest absolute Gasteiger partial charge is 0.354 e. The molecule has 14 rings (SSSR count). The molecule has 0 spiro atoms. The first kappa shape index (κ1) is 103. The van der Waals surface area contributed by atoms with Gasteiger partial charge in [-0.05, 0) is 226 Å². The number of amides is 2. The highest BCUT2D eigenvalue weighted by Gasteiger charge is 2.27. The number of nitrogens with zero attached hydrogens (tertiary/aromatic N) is 12. The number of aliphatic hydroxyl groups is 2. The number of aryl methyl sites for hydroxylation is 3. The molecular formula is C92H94Cl3F3N20O7S. The van der Waals surface area contributed by atoms with Crippen molar-refractivity contribution in [2.45, 2.75) is 79.6 Å². The summed E-state index contributed by atoms with van der Waals surface area (Å²) in [6.07, 6.45) is 3.08. The third-order valence-corrected chi connectivity index (χ3v) is 18.2. The number of hydrogen-bond acceptors (Lipinski definition) is 18. The SMILES string of the molecule is C.C.Cc1cc(C(=O)O)n(-c2cccc(C#N)c2)n1.Cl.NCC1CC1.NCCNCCN.O=S(Cl)Cl.[C-]#[N+]c1cccc(-n2nc(C)cc2C(=O)Nc2cc(C(NCC3CC3)c3cccc(C#N)c3)ccc2F)c1.[C-]#[N+]c1cccc(-n2nc(C)cc2C(=O)Nc2cc(C(O)c3cccc(C#N)c3)ccc2F)c1.[C-]#[N+]c1cccc(C(O)c2ccc(F)c(N)c2)c1. The standard InChI is InChI=1S/C30H25FN6O.C26H18FN5O2.C14H11FN2O.C12H9N3O2.C4H13N3.C4H9N.2CH4.Cl2OS.ClH/c1-19-13-28(37(36-19)25-8-4-7-24(16-25)33-2)30(38)35-27-15-23(11-12-26(27)31)29(34-18-20-9-10-20)22-6-3-5-21(14-22)17-32;1-16-11-24(32(31-16)21-8-4-7-20(14-21)29-2)26(34)30-23-13-19(9-10-22(23)27)25(33)18-6-3-5-17(12-18)15-28;1-17-11-4-2-3-9(7-11)14(18)10-5-6-12(15)13(16)8-10;1-8-5-11(12(16)17)15(14-8)10-4-2-3-9(6-10)7-13;5-1-3-7-4-2-6;5-3-4-1-2-4;;;1-4(2)3;/h3-8,11-16,20,29,34H,9-10,18H2,1H3,(H,35,38);3-14,25,33H,1H3,(H,30,34);2-8,14,18H,16H2;2-6H,1H3,(H,16,17);7H,1-6H2;4H,1-3,5H2;2*1H4;;1H. The van der Waals surface area contributed by atoms with Crippen molar-refractivity contribution in [2.24, 2.45) is 29.0 Å². The molecule has 2 aliphatic rings. The van der Waals surface area contributed by atoms with E-state index in [0.717, 1.165) is 49.3 Å². The van der Waals surface area contributed by atoms with Gasteiger partial charge in [0.25, 0.3) is 11.8 Å². The van der Waals surface area contributed by atoms with Crippen LogP contribution in [0.2, 0.25) is 0 Å². The number of hydrogen-bond donors (Lipinski definition) is 11. The second-order valence-corrected chi connectivity index (χ2v) is 30.1. The Morgan fingerprint density at radius 1 is 0.508 bits per heavy atom. The van der Waals surface area contributed by atoms with Gasteiger partial charge in [-0.3, -0.25) is 9.59 Å². The maximum Gasteiger partial charge on any atom is 0.354 e. The van der Waals surface area contributed by atoms with E-state index in [1.54, 1.807) is 172 Å². The van der Waals surface area contributed by atoms with Crippen LogP contribution in [0.1, 0.15) is 157 Å². The van der Waals surface area contributed by atoms with Gasteiger partial charge in [-0.2, -0.15) is 31.1 Å². The minimum absolute atomic E-state index is 0. The molecule has 652 valence electrons. The number of nitrogens with two attached hydrogens (primary N) is 4. The lowest BCUT2D eigenvalue weighted by Crippen LogP contribution is -2.27. The van der Waals surface area contributed by atoms with E-state index in [1.165, 1.54) is 82.2 Å². The molecule has 2 amide bonds. The minimum Gasteiger partial charge on any atom is -0.477 e. The Bertz CT molecular complexity index is 5990. The van der Waals surface area contributed by atoms with Crippen LogP contribution >= 0.6 is 33.8 Å². The van der Waals surface area contributed by atoms with Gasteiger partial charge < -0.3 is 59.5 Å². The summed E-state index contributed by atoms with van der Waals surface area (Å²) in [7, 11) is 7.36. The van der Waals surface area contributed by atoms with Crippen LogP contribution in [0.25, 0.3) is 31.6 Å². The molecule has 15 N–H and O–H groups in total. The van der Waals surface area contributed by atoms with E-state index in [0.29, 0.717) is 109 Å². The first-order valence-electron chi connectivity index (χ1n) is 37.9. The van der Waals surface area contributed by atoms with E-state index in [1.807, 2.05) is 30.3 Å². The number of halogens is 6. The lowest BCUT2D eigenvalue weighted by atomic mass is 9.96. The average Bonchev–Trinajstić information content (AvgIpc) is 1.68. The fraction of sp³-hybridized carbons (Fsp3) is 0.217. The molecule has 0 bridgehead atoms. The second-order valence-electron chi connectivity index (χ2n) is 27.6. The molecule has 34 heteroatoms. The van der Waals surface area contributed by atoms with Crippen molar-refractivity contribution in [3.05, 3.63) is 354 Å². The van der Waals surface area contributed by atoms with Gasteiger partial charge in [-0.1, -0.05) is 112 Å². The molecule has 3 atom stereocenters. The number of aromatic nitrogens is 6. The van der Waals surface area contributed by atoms with E-state index in [2.05, 4.69) is 78.5 Å².